The average molecular weight is 305 g/mol. The largest absolute Gasteiger partial charge is 0.497 e. The lowest BCUT2D eigenvalue weighted by Gasteiger charge is -1.98. The highest BCUT2D eigenvalue weighted by atomic mass is 32.1. The van der Waals surface area contributed by atoms with Gasteiger partial charge in [0.15, 0.2) is 0 Å². The van der Waals surface area contributed by atoms with Gasteiger partial charge in [-0.25, -0.2) is 9.78 Å². The lowest BCUT2D eigenvalue weighted by atomic mass is 10.2. The Labute approximate surface area is 126 Å². The molecule has 0 fully saturated rings. The van der Waals surface area contributed by atoms with E-state index in [-0.39, 0.29) is 0 Å². The predicted octanol–water partition coefficient (Wildman–Crippen LogP) is 2.69. The molecule has 0 aliphatic heterocycles. The van der Waals surface area contributed by atoms with Crippen LogP contribution in [0, 0.1) is 6.92 Å². The minimum Gasteiger partial charge on any atom is -0.497 e. The maximum atomic E-state index is 11.5. The highest BCUT2D eigenvalue weighted by Gasteiger charge is 2.15. The molecule has 0 saturated carbocycles. The molecule has 0 aliphatic carbocycles. The second-order valence-electron chi connectivity index (χ2n) is 4.07. The van der Waals surface area contributed by atoms with E-state index < -0.39 is 5.97 Å². The molecule has 0 bridgehead atoms. The van der Waals surface area contributed by atoms with Crippen molar-refractivity contribution in [1.82, 2.24) is 4.98 Å². The summed E-state index contributed by atoms with van der Waals surface area (Å²) >= 11 is 1.20. The van der Waals surface area contributed by atoms with Crippen LogP contribution in [0.3, 0.4) is 0 Å². The van der Waals surface area contributed by atoms with Crippen LogP contribution in [0.1, 0.15) is 20.9 Å². The van der Waals surface area contributed by atoms with Gasteiger partial charge in [-0.3, -0.25) is 5.43 Å². The number of ether oxygens (including phenoxy) is 2. The van der Waals surface area contributed by atoms with Gasteiger partial charge in [-0.15, -0.1) is 0 Å². The van der Waals surface area contributed by atoms with E-state index in [2.05, 4.69) is 20.2 Å². The van der Waals surface area contributed by atoms with Crippen LogP contribution in [0.5, 0.6) is 5.75 Å². The van der Waals surface area contributed by atoms with E-state index in [1.165, 1.54) is 18.4 Å². The van der Waals surface area contributed by atoms with Crippen molar-refractivity contribution >= 4 is 28.7 Å². The molecule has 0 unspecified atom stereocenters. The minimum absolute atomic E-state index is 0.391. The molecule has 0 aliphatic rings. The Morgan fingerprint density at radius 3 is 2.67 bits per heavy atom. The summed E-state index contributed by atoms with van der Waals surface area (Å²) in [6.45, 7) is 1.75. The monoisotopic (exact) mass is 305 g/mol. The minimum atomic E-state index is -0.391. The number of anilines is 1. The Morgan fingerprint density at radius 1 is 1.33 bits per heavy atom. The quantitative estimate of drug-likeness (QED) is 0.522. The fraction of sp³-hybridized carbons (Fsp3) is 0.214. The molecular weight excluding hydrogens is 290 g/mol. The number of esters is 1. The topological polar surface area (TPSA) is 72.8 Å². The number of hydrazone groups is 1. The summed E-state index contributed by atoms with van der Waals surface area (Å²) in [4.78, 5) is 16.2. The molecule has 0 atom stereocenters. The maximum absolute atomic E-state index is 11.5. The van der Waals surface area contributed by atoms with Crippen LogP contribution < -0.4 is 10.2 Å². The zero-order valence-electron chi connectivity index (χ0n) is 11.9. The molecule has 1 heterocycles. The van der Waals surface area contributed by atoms with E-state index in [0.717, 1.165) is 11.3 Å². The fourth-order valence-corrected chi connectivity index (χ4v) is 2.41. The first-order valence-corrected chi connectivity index (χ1v) is 6.94. The van der Waals surface area contributed by atoms with E-state index in [9.17, 15) is 4.79 Å². The number of aromatic nitrogens is 1. The Hall–Kier alpha value is -2.41. The lowest BCUT2D eigenvalue weighted by molar-refractivity contribution is 0.0605. The van der Waals surface area contributed by atoms with Gasteiger partial charge < -0.3 is 9.47 Å². The Kier molecular flexibility index (Phi) is 4.89. The number of carbonyl (C=O) groups is 1. The maximum Gasteiger partial charge on any atom is 0.350 e. The zero-order chi connectivity index (χ0) is 15.2. The molecule has 0 saturated heterocycles. The molecule has 21 heavy (non-hydrogen) atoms. The van der Waals surface area contributed by atoms with Gasteiger partial charge >= 0.3 is 5.97 Å². The first-order valence-electron chi connectivity index (χ1n) is 6.13. The van der Waals surface area contributed by atoms with E-state index in [4.69, 9.17) is 4.74 Å². The highest BCUT2D eigenvalue weighted by Crippen LogP contribution is 2.23. The second-order valence-corrected chi connectivity index (χ2v) is 5.07. The van der Waals surface area contributed by atoms with Gasteiger partial charge in [-0.1, -0.05) is 11.3 Å². The van der Waals surface area contributed by atoms with Crippen molar-refractivity contribution in [3.05, 3.63) is 40.4 Å². The molecule has 1 aromatic heterocycles. The molecule has 7 heteroatoms. The van der Waals surface area contributed by atoms with Gasteiger partial charge in [0.2, 0.25) is 5.13 Å². The van der Waals surface area contributed by atoms with Crippen LogP contribution in [0.25, 0.3) is 0 Å². The molecule has 1 aromatic carbocycles. The average Bonchev–Trinajstić information content (AvgIpc) is 2.88. The van der Waals surface area contributed by atoms with E-state index in [1.807, 2.05) is 24.3 Å². The number of methoxy groups -OCH3 is 2. The predicted molar refractivity (Wildman–Crippen MR) is 82.4 cm³/mol. The number of rotatable bonds is 5. The van der Waals surface area contributed by atoms with Crippen molar-refractivity contribution in [3.8, 4) is 5.75 Å². The molecule has 6 nitrogen and oxygen atoms in total. The van der Waals surface area contributed by atoms with E-state index in [1.54, 1.807) is 20.2 Å². The molecule has 2 aromatic rings. The number of nitrogens with one attached hydrogen (secondary N) is 1. The van der Waals surface area contributed by atoms with Crippen LogP contribution in [0.4, 0.5) is 5.13 Å². The number of benzene rings is 1. The number of carbonyl (C=O) groups excluding carboxylic acids is 1. The number of hydrogen-bond acceptors (Lipinski definition) is 7. The molecule has 2 rings (SSSR count). The van der Waals surface area contributed by atoms with Crippen LogP contribution in [0.2, 0.25) is 0 Å². The van der Waals surface area contributed by atoms with Crippen molar-refractivity contribution in [2.75, 3.05) is 19.6 Å². The number of nitrogens with zero attached hydrogens (tertiary/aromatic N) is 2. The van der Waals surface area contributed by atoms with Gasteiger partial charge in [0.05, 0.1) is 26.1 Å². The van der Waals surface area contributed by atoms with Crippen LogP contribution in [-0.4, -0.2) is 31.4 Å². The number of hydrogen-bond donors (Lipinski definition) is 1. The SMILES string of the molecule is COC(=O)c1sc(N/N=C/c2ccc(OC)cc2)nc1C. The lowest BCUT2D eigenvalue weighted by Crippen LogP contribution is -1.99. The normalized spacial score (nSPS) is 10.6. The Morgan fingerprint density at radius 2 is 2.05 bits per heavy atom. The van der Waals surface area contributed by atoms with Crippen LogP contribution in [-0.2, 0) is 4.74 Å². The van der Waals surface area contributed by atoms with Crippen molar-refractivity contribution in [3.63, 3.8) is 0 Å². The molecule has 110 valence electrons. The van der Waals surface area contributed by atoms with Crippen LogP contribution in [0.15, 0.2) is 29.4 Å². The molecule has 1 N–H and O–H groups in total. The summed E-state index contributed by atoms with van der Waals surface area (Å²) in [6.07, 6.45) is 1.66. The number of aryl methyl sites for hydroxylation is 1. The second kappa shape index (κ2) is 6.85. The van der Waals surface area contributed by atoms with Gasteiger partial charge in [-0.05, 0) is 36.8 Å². The number of thiazole rings is 1. The first-order chi connectivity index (χ1) is 10.1. The van der Waals surface area contributed by atoms with Gasteiger partial charge in [0.25, 0.3) is 0 Å². The third-order valence-corrected chi connectivity index (χ3v) is 3.70. The Bertz CT molecular complexity index is 650. The van der Waals surface area contributed by atoms with Crippen molar-refractivity contribution in [2.45, 2.75) is 6.92 Å². The van der Waals surface area contributed by atoms with Gasteiger partial charge in [0.1, 0.15) is 10.6 Å². The summed E-state index contributed by atoms with van der Waals surface area (Å²) in [7, 11) is 2.96. The Balaban J connectivity index is 2.02. The summed E-state index contributed by atoms with van der Waals surface area (Å²) in [6, 6.07) is 7.47. The molecule has 0 radical (unpaired) electrons. The summed E-state index contributed by atoms with van der Waals surface area (Å²) in [5.74, 6) is 0.399. The summed E-state index contributed by atoms with van der Waals surface area (Å²) in [5, 5.41) is 4.63. The smallest absolute Gasteiger partial charge is 0.350 e. The van der Waals surface area contributed by atoms with E-state index >= 15 is 0 Å². The highest BCUT2D eigenvalue weighted by molar-refractivity contribution is 7.17. The third-order valence-electron chi connectivity index (χ3n) is 2.66. The van der Waals surface area contributed by atoms with Gasteiger partial charge in [-0.2, -0.15) is 5.10 Å². The van der Waals surface area contributed by atoms with Crippen LogP contribution >= 0.6 is 11.3 Å². The standard InChI is InChI=1S/C14H15N3O3S/c1-9-12(13(18)20-3)21-14(16-9)17-15-8-10-4-6-11(19-2)7-5-10/h4-8H,1-3H3,(H,16,17)/b15-8+. The molecule has 0 amide bonds. The summed E-state index contributed by atoms with van der Waals surface area (Å²) < 4.78 is 9.76. The zero-order valence-corrected chi connectivity index (χ0v) is 12.7. The fourth-order valence-electron chi connectivity index (χ4n) is 1.58. The third kappa shape index (κ3) is 3.79. The summed E-state index contributed by atoms with van der Waals surface area (Å²) in [5.41, 5.74) is 4.34. The van der Waals surface area contributed by atoms with E-state index in [0.29, 0.717) is 15.7 Å². The van der Waals surface area contributed by atoms with Gasteiger partial charge in [0, 0.05) is 0 Å². The molecule has 0 spiro atoms. The van der Waals surface area contributed by atoms with Crippen molar-refractivity contribution < 1.29 is 14.3 Å². The van der Waals surface area contributed by atoms with Crippen molar-refractivity contribution in [2.24, 2.45) is 5.10 Å². The van der Waals surface area contributed by atoms with Crippen molar-refractivity contribution in [1.29, 1.82) is 0 Å². The molecular formula is C14H15N3O3S. The first kappa shape index (κ1) is 15.0.